The van der Waals surface area contributed by atoms with Crippen LogP contribution in [0.4, 0.5) is 10.2 Å². The first-order chi connectivity index (χ1) is 14.9. The maximum atomic E-state index is 13.3. The number of nitrogens with one attached hydrogen (secondary N) is 2. The fourth-order valence-electron chi connectivity index (χ4n) is 3.83. The van der Waals surface area contributed by atoms with Crippen molar-refractivity contribution >= 4 is 28.4 Å². The van der Waals surface area contributed by atoms with Crippen LogP contribution in [0.25, 0.3) is 27.9 Å². The van der Waals surface area contributed by atoms with Crippen molar-refractivity contribution in [2.75, 3.05) is 12.4 Å². The summed E-state index contributed by atoms with van der Waals surface area (Å²) in [4.78, 5) is 22.1. The molecular weight excluding hydrogens is 397 g/mol. The van der Waals surface area contributed by atoms with Crippen LogP contribution in [0.2, 0.25) is 0 Å². The van der Waals surface area contributed by atoms with Crippen molar-refractivity contribution in [3.05, 3.63) is 41.9 Å². The van der Waals surface area contributed by atoms with E-state index >= 15 is 0 Å². The Labute approximate surface area is 178 Å². The summed E-state index contributed by atoms with van der Waals surface area (Å²) in [5.74, 6) is 0.328. The number of rotatable bonds is 5. The molecule has 0 unspecified atom stereocenters. The maximum absolute atomic E-state index is 13.3. The second-order valence-electron chi connectivity index (χ2n) is 8.33. The number of hydrogen-bond donors (Lipinski definition) is 2. The second kappa shape index (κ2) is 7.04. The lowest BCUT2D eigenvalue weighted by Gasteiger charge is -2.08. The number of alkyl halides is 1. The molecule has 8 nitrogen and oxygen atoms in total. The molecule has 0 spiro atoms. The molecule has 0 aliphatic heterocycles. The van der Waals surface area contributed by atoms with E-state index in [0.29, 0.717) is 29.1 Å². The van der Waals surface area contributed by atoms with E-state index in [1.807, 2.05) is 25.4 Å². The van der Waals surface area contributed by atoms with Crippen LogP contribution in [-0.2, 0) is 0 Å². The van der Waals surface area contributed by atoms with E-state index in [-0.39, 0.29) is 11.9 Å². The molecule has 1 fully saturated rings. The van der Waals surface area contributed by atoms with Gasteiger partial charge in [-0.3, -0.25) is 4.79 Å². The molecule has 4 heterocycles. The quantitative estimate of drug-likeness (QED) is 0.515. The number of carbonyl (C=O) groups excluding carboxylic acids is 1. The van der Waals surface area contributed by atoms with Gasteiger partial charge >= 0.3 is 0 Å². The van der Waals surface area contributed by atoms with Gasteiger partial charge in [0.05, 0.1) is 17.9 Å². The molecule has 0 aromatic carbocycles. The zero-order valence-corrected chi connectivity index (χ0v) is 17.8. The Balaban J connectivity index is 1.69. The minimum Gasteiger partial charge on any atom is -0.373 e. The Bertz CT molecular complexity index is 1320. The molecule has 1 amide bonds. The Kier molecular flexibility index (Phi) is 4.42. The van der Waals surface area contributed by atoms with E-state index in [1.54, 1.807) is 11.6 Å². The molecule has 5 rings (SSSR count). The van der Waals surface area contributed by atoms with E-state index in [1.165, 1.54) is 6.20 Å². The third-order valence-corrected chi connectivity index (χ3v) is 5.64. The topological polar surface area (TPSA) is 89.1 Å². The number of pyridine rings is 1. The van der Waals surface area contributed by atoms with Crippen molar-refractivity contribution in [2.24, 2.45) is 0 Å². The molecule has 0 saturated heterocycles. The molecule has 31 heavy (non-hydrogen) atoms. The first-order valence-corrected chi connectivity index (χ1v) is 10.4. The summed E-state index contributed by atoms with van der Waals surface area (Å²) in [6.45, 7) is 6.22. The fraction of sp³-hybridized carbons (Fsp3) is 0.364. The summed E-state index contributed by atoms with van der Waals surface area (Å²) in [6.07, 6.45) is 4.76. The molecule has 2 atom stereocenters. The lowest BCUT2D eigenvalue weighted by atomic mass is 10.1. The number of fused-ring (bicyclic) bond motifs is 2. The summed E-state index contributed by atoms with van der Waals surface area (Å²) >= 11 is 0. The van der Waals surface area contributed by atoms with Gasteiger partial charge in [0.25, 0.3) is 5.91 Å². The average Bonchev–Trinajstić information content (AvgIpc) is 3.14. The van der Waals surface area contributed by atoms with Crippen molar-refractivity contribution < 1.29 is 9.18 Å². The molecule has 2 N–H and O–H groups in total. The molecular formula is C22H24FN7O. The zero-order chi connectivity index (χ0) is 21.9. The van der Waals surface area contributed by atoms with Crippen LogP contribution >= 0.6 is 0 Å². The lowest BCUT2D eigenvalue weighted by Crippen LogP contribution is -2.27. The van der Waals surface area contributed by atoms with Crippen molar-refractivity contribution in [1.29, 1.82) is 0 Å². The normalized spacial score (nSPS) is 18.1. The summed E-state index contributed by atoms with van der Waals surface area (Å²) < 4.78 is 17.0. The van der Waals surface area contributed by atoms with Gasteiger partial charge in [0, 0.05) is 48.9 Å². The van der Waals surface area contributed by atoms with Crippen LogP contribution in [-0.4, -0.2) is 49.3 Å². The van der Waals surface area contributed by atoms with E-state index in [4.69, 9.17) is 4.98 Å². The van der Waals surface area contributed by atoms with Crippen LogP contribution in [0.3, 0.4) is 0 Å². The first-order valence-electron chi connectivity index (χ1n) is 10.4. The van der Waals surface area contributed by atoms with E-state index in [9.17, 15) is 9.18 Å². The van der Waals surface area contributed by atoms with Gasteiger partial charge in [-0.25, -0.2) is 14.4 Å². The third kappa shape index (κ3) is 3.20. The molecule has 1 aliphatic rings. The van der Waals surface area contributed by atoms with Crippen molar-refractivity contribution in [3.8, 4) is 11.3 Å². The standard InChI is InChI=1S/C22H24FN7O/c1-11(2)29-10-15(13-5-12(3)8-25-20(13)29)17-7-19(24-4)30-21(27-17)14(9-26-30)22(31)28-18-6-16(18)23/h5,7-11,16,18,24H,6H2,1-4H3,(H,28,31)/t16-,18+/m1/s1. The molecule has 4 aromatic heterocycles. The Morgan fingerprint density at radius 1 is 1.26 bits per heavy atom. The van der Waals surface area contributed by atoms with Gasteiger partial charge in [-0.2, -0.15) is 9.61 Å². The first kappa shape index (κ1) is 19.5. The smallest absolute Gasteiger partial charge is 0.257 e. The van der Waals surface area contributed by atoms with Gasteiger partial charge in [0.2, 0.25) is 0 Å². The minimum absolute atomic E-state index is 0.224. The van der Waals surface area contributed by atoms with Gasteiger partial charge in [-0.15, -0.1) is 0 Å². The largest absolute Gasteiger partial charge is 0.373 e. The number of aromatic nitrogens is 5. The number of carbonyl (C=O) groups is 1. The predicted octanol–water partition coefficient (Wildman–Crippen LogP) is 3.52. The number of amides is 1. The van der Waals surface area contributed by atoms with Crippen molar-refractivity contribution in [2.45, 2.75) is 45.4 Å². The van der Waals surface area contributed by atoms with Gasteiger partial charge in [-0.1, -0.05) is 0 Å². The summed E-state index contributed by atoms with van der Waals surface area (Å²) in [5.41, 5.74) is 4.31. The number of hydrogen-bond acceptors (Lipinski definition) is 5. The second-order valence-corrected chi connectivity index (χ2v) is 8.33. The van der Waals surface area contributed by atoms with Crippen molar-refractivity contribution in [1.82, 2.24) is 29.5 Å². The SMILES string of the molecule is CNc1cc(-c2cn(C(C)C)c3ncc(C)cc23)nc2c(C(=O)N[C@H]3C[C@H]3F)cnn12. The Morgan fingerprint density at radius 2 is 2.03 bits per heavy atom. The third-order valence-electron chi connectivity index (χ3n) is 5.64. The number of anilines is 1. The highest BCUT2D eigenvalue weighted by molar-refractivity contribution is 6.01. The molecule has 0 bridgehead atoms. The average molecular weight is 421 g/mol. The molecule has 9 heteroatoms. The lowest BCUT2D eigenvalue weighted by molar-refractivity contribution is 0.0949. The van der Waals surface area contributed by atoms with E-state index in [2.05, 4.69) is 45.2 Å². The molecule has 4 aromatic rings. The number of halogens is 1. The van der Waals surface area contributed by atoms with Gasteiger partial charge in [0.1, 0.15) is 23.2 Å². The van der Waals surface area contributed by atoms with Crippen LogP contribution < -0.4 is 10.6 Å². The van der Waals surface area contributed by atoms with Gasteiger partial charge in [-0.05, 0) is 32.4 Å². The van der Waals surface area contributed by atoms with Gasteiger partial charge in [0.15, 0.2) is 5.65 Å². The van der Waals surface area contributed by atoms with Crippen molar-refractivity contribution in [3.63, 3.8) is 0 Å². The highest BCUT2D eigenvalue weighted by atomic mass is 19.1. The highest BCUT2D eigenvalue weighted by Gasteiger charge is 2.39. The van der Waals surface area contributed by atoms with Gasteiger partial charge < -0.3 is 15.2 Å². The number of nitrogens with zero attached hydrogens (tertiary/aromatic N) is 5. The number of aryl methyl sites for hydroxylation is 1. The maximum Gasteiger partial charge on any atom is 0.257 e. The predicted molar refractivity (Wildman–Crippen MR) is 117 cm³/mol. The molecule has 0 radical (unpaired) electrons. The summed E-state index contributed by atoms with van der Waals surface area (Å²) in [7, 11) is 1.79. The molecule has 1 saturated carbocycles. The van der Waals surface area contributed by atoms with E-state index in [0.717, 1.165) is 22.2 Å². The van der Waals surface area contributed by atoms with E-state index < -0.39 is 12.2 Å². The summed E-state index contributed by atoms with van der Waals surface area (Å²) in [5, 5.41) is 11.2. The van der Waals surface area contributed by atoms with Crippen LogP contribution in [0.15, 0.2) is 30.7 Å². The van der Waals surface area contributed by atoms with Crippen LogP contribution in [0, 0.1) is 6.92 Å². The Morgan fingerprint density at radius 3 is 2.71 bits per heavy atom. The summed E-state index contributed by atoms with van der Waals surface area (Å²) in [6, 6.07) is 3.80. The molecule has 1 aliphatic carbocycles. The fourth-order valence-corrected chi connectivity index (χ4v) is 3.83. The zero-order valence-electron chi connectivity index (χ0n) is 17.8. The highest BCUT2D eigenvalue weighted by Crippen LogP contribution is 2.33. The minimum atomic E-state index is -0.972. The molecule has 160 valence electrons. The Hall–Kier alpha value is -3.49. The van der Waals surface area contributed by atoms with Crippen LogP contribution in [0.1, 0.15) is 42.2 Å². The van der Waals surface area contributed by atoms with Crippen LogP contribution in [0.5, 0.6) is 0 Å². The monoisotopic (exact) mass is 421 g/mol.